The summed E-state index contributed by atoms with van der Waals surface area (Å²) in [4.78, 5) is 5.04. The standard InChI is InChI=1S/C62H52N2/c1-61(2)35-33-43-25-27-47(37-55(43)61)63(45-21-13-7-14-22-45)57-39-53(41-17-9-5-10-18-41)49-30-32-52-58(40-54(42-19-11-6-12-20-42)50-29-31-51(57)59(49)60(50)52)64(46-23-15-8-16-24-46)48-28-26-44-34-36-62(3,4)56(44)38-48/h5-32,37-40H,33-36H2,1-4H3. The van der Waals surface area contributed by atoms with Crippen LogP contribution in [0.3, 0.4) is 0 Å². The van der Waals surface area contributed by atoms with Gasteiger partial charge in [-0.05, 0) is 152 Å². The maximum absolute atomic E-state index is 2.52. The van der Waals surface area contributed by atoms with E-state index in [1.165, 1.54) is 112 Å². The molecule has 0 saturated heterocycles. The number of fused-ring (bicyclic) bond motifs is 2. The molecule has 0 aliphatic heterocycles. The molecule has 64 heavy (non-hydrogen) atoms. The van der Waals surface area contributed by atoms with Crippen molar-refractivity contribution in [3.63, 3.8) is 0 Å². The van der Waals surface area contributed by atoms with E-state index < -0.39 is 0 Å². The van der Waals surface area contributed by atoms with Crippen LogP contribution in [0.5, 0.6) is 0 Å². The summed E-state index contributed by atoms with van der Waals surface area (Å²) in [6, 6.07) is 73.0. The van der Waals surface area contributed by atoms with E-state index in [4.69, 9.17) is 0 Å². The van der Waals surface area contributed by atoms with E-state index in [-0.39, 0.29) is 10.8 Å². The lowest BCUT2D eigenvalue weighted by molar-refractivity contribution is 0.522. The summed E-state index contributed by atoms with van der Waals surface area (Å²) in [6.45, 7) is 9.62. The van der Waals surface area contributed by atoms with Crippen LogP contribution >= 0.6 is 0 Å². The van der Waals surface area contributed by atoms with E-state index >= 15 is 0 Å². The average Bonchev–Trinajstić information content (AvgIpc) is 3.82. The minimum atomic E-state index is 0.120. The van der Waals surface area contributed by atoms with Crippen molar-refractivity contribution in [2.45, 2.75) is 64.2 Å². The van der Waals surface area contributed by atoms with Crippen molar-refractivity contribution in [2.24, 2.45) is 0 Å². The zero-order valence-corrected chi connectivity index (χ0v) is 37.2. The Morgan fingerprint density at radius 3 is 1.09 bits per heavy atom. The van der Waals surface area contributed by atoms with Crippen molar-refractivity contribution < 1.29 is 0 Å². The highest BCUT2D eigenvalue weighted by molar-refractivity contribution is 6.32. The third kappa shape index (κ3) is 6.14. The average molecular weight is 825 g/mol. The van der Waals surface area contributed by atoms with Gasteiger partial charge in [-0.3, -0.25) is 0 Å². The van der Waals surface area contributed by atoms with E-state index in [0.717, 1.165) is 24.2 Å². The lowest BCUT2D eigenvalue weighted by Gasteiger charge is -2.32. The molecule has 12 rings (SSSR count). The molecule has 0 heterocycles. The molecule has 0 amide bonds. The van der Waals surface area contributed by atoms with Gasteiger partial charge in [0.15, 0.2) is 0 Å². The van der Waals surface area contributed by atoms with Gasteiger partial charge >= 0.3 is 0 Å². The first-order valence-electron chi connectivity index (χ1n) is 23.1. The Morgan fingerprint density at radius 1 is 0.344 bits per heavy atom. The molecule has 310 valence electrons. The van der Waals surface area contributed by atoms with Crippen LogP contribution in [0.4, 0.5) is 34.1 Å². The number of anilines is 6. The quantitative estimate of drug-likeness (QED) is 0.141. The lowest BCUT2D eigenvalue weighted by Crippen LogP contribution is -2.15. The molecule has 0 N–H and O–H groups in total. The smallest absolute Gasteiger partial charge is 0.0546 e. The van der Waals surface area contributed by atoms with Crippen LogP contribution in [-0.4, -0.2) is 0 Å². The van der Waals surface area contributed by atoms with Gasteiger partial charge in [-0.25, -0.2) is 0 Å². The second kappa shape index (κ2) is 14.7. The summed E-state index contributed by atoms with van der Waals surface area (Å²) in [5.74, 6) is 0. The SMILES string of the molecule is CC1(C)CCc2ccc(N(c3ccccc3)c3cc(-c4ccccc4)c4ccc5c(N(c6ccccc6)c6ccc7c(c6)C(C)(C)CC7)cc(-c6ccccc6)c6ccc3c4c65)cc21. The Labute approximate surface area is 377 Å². The first kappa shape index (κ1) is 38.5. The molecule has 0 saturated carbocycles. The molecule has 0 unspecified atom stereocenters. The van der Waals surface area contributed by atoms with Gasteiger partial charge in [0.1, 0.15) is 0 Å². The molecular weight excluding hydrogens is 773 g/mol. The number of para-hydroxylation sites is 2. The summed E-state index contributed by atoms with van der Waals surface area (Å²) in [5, 5.41) is 7.56. The van der Waals surface area contributed by atoms with Crippen LogP contribution in [0.15, 0.2) is 194 Å². The molecule has 10 aromatic rings. The Bertz CT molecular complexity index is 3140. The molecule has 2 heteroatoms. The van der Waals surface area contributed by atoms with Crippen molar-refractivity contribution >= 4 is 66.4 Å². The van der Waals surface area contributed by atoms with E-state index in [9.17, 15) is 0 Å². The van der Waals surface area contributed by atoms with Gasteiger partial charge in [0, 0.05) is 44.3 Å². The highest BCUT2D eigenvalue weighted by atomic mass is 15.2. The van der Waals surface area contributed by atoms with E-state index in [0.29, 0.717) is 0 Å². The normalized spacial score (nSPS) is 14.9. The fourth-order valence-corrected chi connectivity index (χ4v) is 11.3. The van der Waals surface area contributed by atoms with Gasteiger partial charge in [0.25, 0.3) is 0 Å². The molecule has 10 aromatic carbocycles. The fraction of sp³-hybridized carbons (Fsp3) is 0.161. The largest absolute Gasteiger partial charge is 0.310 e. The predicted octanol–water partition coefficient (Wildman–Crippen LogP) is 17.3. The molecule has 2 aliphatic rings. The van der Waals surface area contributed by atoms with Gasteiger partial charge in [-0.1, -0.05) is 161 Å². The summed E-state index contributed by atoms with van der Waals surface area (Å²) in [5.41, 5.74) is 18.0. The molecule has 0 bridgehead atoms. The second-order valence-corrected chi connectivity index (χ2v) is 19.5. The van der Waals surface area contributed by atoms with Gasteiger partial charge in [0.05, 0.1) is 11.4 Å². The minimum Gasteiger partial charge on any atom is -0.310 e. The van der Waals surface area contributed by atoms with Crippen LogP contribution < -0.4 is 9.80 Å². The minimum absolute atomic E-state index is 0.120. The van der Waals surface area contributed by atoms with E-state index in [1.807, 2.05) is 0 Å². The molecule has 2 nitrogen and oxygen atoms in total. The predicted molar refractivity (Wildman–Crippen MR) is 273 cm³/mol. The Kier molecular flexibility index (Phi) is 8.85. The van der Waals surface area contributed by atoms with Crippen LogP contribution in [0.1, 0.15) is 62.8 Å². The summed E-state index contributed by atoms with van der Waals surface area (Å²) in [6.07, 6.45) is 4.59. The molecule has 2 aliphatic carbocycles. The third-order valence-corrected chi connectivity index (χ3v) is 14.7. The highest BCUT2D eigenvalue weighted by Crippen LogP contribution is 2.53. The molecule has 0 aromatic heterocycles. The summed E-state index contributed by atoms with van der Waals surface area (Å²) >= 11 is 0. The Morgan fingerprint density at radius 2 is 0.703 bits per heavy atom. The summed E-state index contributed by atoms with van der Waals surface area (Å²) < 4.78 is 0. The van der Waals surface area contributed by atoms with Crippen molar-refractivity contribution in [1.29, 1.82) is 0 Å². The van der Waals surface area contributed by atoms with Gasteiger partial charge in [-0.2, -0.15) is 0 Å². The number of hydrogen-bond donors (Lipinski definition) is 0. The molecular formula is C62H52N2. The molecule has 0 atom stereocenters. The molecule has 0 radical (unpaired) electrons. The first-order valence-corrected chi connectivity index (χ1v) is 23.1. The lowest BCUT2D eigenvalue weighted by atomic mass is 9.84. The van der Waals surface area contributed by atoms with Crippen molar-refractivity contribution in [2.75, 3.05) is 9.80 Å². The maximum Gasteiger partial charge on any atom is 0.0546 e. The van der Waals surface area contributed by atoms with Gasteiger partial charge in [-0.15, -0.1) is 0 Å². The van der Waals surface area contributed by atoms with Crippen LogP contribution in [0, 0.1) is 0 Å². The number of aryl methyl sites for hydroxylation is 2. The fourth-order valence-electron chi connectivity index (χ4n) is 11.3. The second-order valence-electron chi connectivity index (χ2n) is 19.5. The van der Waals surface area contributed by atoms with Crippen molar-refractivity contribution in [3.05, 3.63) is 216 Å². The first-order chi connectivity index (χ1) is 31.2. The monoisotopic (exact) mass is 824 g/mol. The van der Waals surface area contributed by atoms with E-state index in [2.05, 4.69) is 232 Å². The number of nitrogens with zero attached hydrogens (tertiary/aromatic N) is 2. The number of rotatable bonds is 8. The van der Waals surface area contributed by atoms with Gasteiger partial charge < -0.3 is 9.80 Å². The zero-order valence-electron chi connectivity index (χ0n) is 37.2. The van der Waals surface area contributed by atoms with Crippen LogP contribution in [-0.2, 0) is 23.7 Å². The zero-order chi connectivity index (χ0) is 43.2. The number of hydrogen-bond acceptors (Lipinski definition) is 2. The van der Waals surface area contributed by atoms with Crippen molar-refractivity contribution in [3.8, 4) is 22.3 Å². The molecule has 0 fully saturated rings. The Balaban J connectivity index is 1.22. The maximum atomic E-state index is 2.52. The Hall–Kier alpha value is -7.16. The van der Waals surface area contributed by atoms with Gasteiger partial charge in [0.2, 0.25) is 0 Å². The third-order valence-electron chi connectivity index (χ3n) is 14.7. The molecule has 0 spiro atoms. The van der Waals surface area contributed by atoms with Crippen LogP contribution in [0.2, 0.25) is 0 Å². The van der Waals surface area contributed by atoms with Crippen molar-refractivity contribution in [1.82, 2.24) is 0 Å². The van der Waals surface area contributed by atoms with E-state index in [1.54, 1.807) is 0 Å². The highest BCUT2D eigenvalue weighted by Gasteiger charge is 2.33. The number of benzene rings is 10. The topological polar surface area (TPSA) is 6.48 Å². The summed E-state index contributed by atoms with van der Waals surface area (Å²) in [7, 11) is 0. The van der Waals surface area contributed by atoms with Crippen LogP contribution in [0.25, 0.3) is 54.6 Å².